The molecule has 4 amide bonds. The number of urea groups is 1. The monoisotopic (exact) mass is 500 g/mol. The van der Waals surface area contributed by atoms with Crippen LogP contribution in [0.5, 0.6) is 23.0 Å². The van der Waals surface area contributed by atoms with Crippen molar-refractivity contribution in [3.05, 3.63) is 82.9 Å². The lowest BCUT2D eigenvalue weighted by Gasteiger charge is -2.26. The van der Waals surface area contributed by atoms with Crippen LogP contribution in [0.1, 0.15) is 23.6 Å². The minimum Gasteiger partial charge on any atom is -0.490 e. The minimum atomic E-state index is -0.846. The molecule has 0 spiro atoms. The highest BCUT2D eigenvalue weighted by atomic mass is 16.7. The van der Waals surface area contributed by atoms with Gasteiger partial charge < -0.3 is 18.9 Å². The maximum atomic E-state index is 13.3. The number of carbonyl (C=O) groups excluding carboxylic acids is 3. The number of aryl methyl sites for hydroxylation is 1. The van der Waals surface area contributed by atoms with E-state index in [0.717, 1.165) is 16.0 Å². The van der Waals surface area contributed by atoms with Crippen LogP contribution in [0.25, 0.3) is 6.08 Å². The summed E-state index contributed by atoms with van der Waals surface area (Å²) >= 11 is 0. The lowest BCUT2D eigenvalue weighted by Crippen LogP contribution is -2.54. The normalized spacial score (nSPS) is 15.7. The predicted octanol–water partition coefficient (Wildman–Crippen LogP) is 4.37. The van der Waals surface area contributed by atoms with Gasteiger partial charge in [0.25, 0.3) is 11.8 Å². The van der Waals surface area contributed by atoms with E-state index in [1.807, 2.05) is 38.1 Å². The van der Waals surface area contributed by atoms with Crippen LogP contribution in [0.3, 0.4) is 0 Å². The second-order valence-electron chi connectivity index (χ2n) is 8.41. The first-order valence-electron chi connectivity index (χ1n) is 11.7. The molecule has 0 bridgehead atoms. The standard InChI is InChI=1S/C28H24N2O7/c1-3-34-24-13-18(7-9-22(24)35-15-19-6-4-5-17(2)11-19)12-21-26(31)29-28(33)30(27(21)32)20-8-10-23-25(14-20)37-16-36-23/h4-14H,3,15-16H2,1-2H3,(H,29,31,33)/b21-12+. The second kappa shape index (κ2) is 10.1. The number of nitrogens with one attached hydrogen (secondary N) is 1. The van der Waals surface area contributed by atoms with Crippen LogP contribution in [0.2, 0.25) is 0 Å². The molecule has 2 aliphatic rings. The number of hydrogen-bond donors (Lipinski definition) is 1. The Morgan fingerprint density at radius 3 is 2.59 bits per heavy atom. The largest absolute Gasteiger partial charge is 0.490 e. The highest BCUT2D eigenvalue weighted by molar-refractivity contribution is 6.39. The number of rotatable bonds is 7. The van der Waals surface area contributed by atoms with Gasteiger partial charge in [-0.3, -0.25) is 14.9 Å². The van der Waals surface area contributed by atoms with Gasteiger partial charge in [-0.1, -0.05) is 35.9 Å². The van der Waals surface area contributed by atoms with E-state index < -0.39 is 17.8 Å². The van der Waals surface area contributed by atoms with Gasteiger partial charge in [-0.2, -0.15) is 0 Å². The molecular formula is C28H24N2O7. The van der Waals surface area contributed by atoms with Crippen molar-refractivity contribution in [2.45, 2.75) is 20.5 Å². The van der Waals surface area contributed by atoms with Crippen LogP contribution in [-0.2, 0) is 16.2 Å². The Morgan fingerprint density at radius 1 is 0.946 bits per heavy atom. The molecule has 2 aliphatic heterocycles. The van der Waals surface area contributed by atoms with Crippen molar-refractivity contribution in [1.82, 2.24) is 5.32 Å². The molecule has 1 saturated heterocycles. The molecular weight excluding hydrogens is 476 g/mol. The van der Waals surface area contributed by atoms with Gasteiger partial charge in [0.2, 0.25) is 6.79 Å². The van der Waals surface area contributed by atoms with E-state index in [-0.39, 0.29) is 18.1 Å². The van der Waals surface area contributed by atoms with Crippen molar-refractivity contribution in [1.29, 1.82) is 0 Å². The van der Waals surface area contributed by atoms with Crippen molar-refractivity contribution in [2.24, 2.45) is 0 Å². The van der Waals surface area contributed by atoms with E-state index >= 15 is 0 Å². The van der Waals surface area contributed by atoms with Crippen molar-refractivity contribution in [2.75, 3.05) is 18.3 Å². The quantitative estimate of drug-likeness (QED) is 0.380. The maximum absolute atomic E-state index is 13.3. The van der Waals surface area contributed by atoms with E-state index in [1.54, 1.807) is 30.3 Å². The summed E-state index contributed by atoms with van der Waals surface area (Å²) in [6.07, 6.45) is 1.41. The third-order valence-electron chi connectivity index (χ3n) is 5.77. The summed E-state index contributed by atoms with van der Waals surface area (Å²) in [4.78, 5) is 39.3. The fourth-order valence-electron chi connectivity index (χ4n) is 4.05. The summed E-state index contributed by atoms with van der Waals surface area (Å²) in [6, 6.07) is 16.9. The number of benzene rings is 3. The number of imide groups is 2. The first-order valence-corrected chi connectivity index (χ1v) is 11.7. The molecule has 1 fully saturated rings. The maximum Gasteiger partial charge on any atom is 0.335 e. The van der Waals surface area contributed by atoms with Gasteiger partial charge in [-0.25, -0.2) is 9.69 Å². The number of nitrogens with zero attached hydrogens (tertiary/aromatic N) is 1. The van der Waals surface area contributed by atoms with Crippen LogP contribution < -0.4 is 29.2 Å². The molecule has 2 heterocycles. The Morgan fingerprint density at radius 2 is 1.78 bits per heavy atom. The molecule has 0 atom stereocenters. The number of anilines is 1. The molecule has 37 heavy (non-hydrogen) atoms. The highest BCUT2D eigenvalue weighted by Gasteiger charge is 2.37. The lowest BCUT2D eigenvalue weighted by atomic mass is 10.1. The summed E-state index contributed by atoms with van der Waals surface area (Å²) in [5.41, 5.74) is 2.74. The van der Waals surface area contributed by atoms with Crippen molar-refractivity contribution >= 4 is 29.6 Å². The topological polar surface area (TPSA) is 103 Å². The van der Waals surface area contributed by atoms with Gasteiger partial charge >= 0.3 is 6.03 Å². The van der Waals surface area contributed by atoms with Crippen LogP contribution in [0, 0.1) is 6.92 Å². The highest BCUT2D eigenvalue weighted by Crippen LogP contribution is 2.36. The lowest BCUT2D eigenvalue weighted by molar-refractivity contribution is -0.122. The molecule has 3 aromatic rings. The number of carbonyl (C=O) groups is 3. The van der Waals surface area contributed by atoms with Gasteiger partial charge in [-0.05, 0) is 55.3 Å². The summed E-state index contributed by atoms with van der Waals surface area (Å²) < 4.78 is 22.4. The predicted molar refractivity (Wildman–Crippen MR) is 135 cm³/mol. The molecule has 0 aliphatic carbocycles. The number of amides is 4. The van der Waals surface area contributed by atoms with Crippen LogP contribution in [0.15, 0.2) is 66.2 Å². The molecule has 0 unspecified atom stereocenters. The van der Waals surface area contributed by atoms with Gasteiger partial charge in [0.1, 0.15) is 12.2 Å². The Kier molecular flexibility index (Phi) is 6.51. The Hall–Kier alpha value is -4.79. The fourth-order valence-corrected chi connectivity index (χ4v) is 4.05. The van der Waals surface area contributed by atoms with E-state index in [4.69, 9.17) is 18.9 Å². The molecule has 9 nitrogen and oxygen atoms in total. The molecule has 1 N–H and O–H groups in total. The van der Waals surface area contributed by atoms with Crippen molar-refractivity contribution in [3.63, 3.8) is 0 Å². The van der Waals surface area contributed by atoms with Gasteiger partial charge in [0.15, 0.2) is 23.0 Å². The zero-order valence-corrected chi connectivity index (χ0v) is 20.3. The van der Waals surface area contributed by atoms with E-state index in [2.05, 4.69) is 5.32 Å². The summed E-state index contributed by atoms with van der Waals surface area (Å²) in [6.45, 7) is 4.67. The van der Waals surface area contributed by atoms with E-state index in [0.29, 0.717) is 41.8 Å². The summed E-state index contributed by atoms with van der Waals surface area (Å²) in [5, 5.41) is 2.22. The van der Waals surface area contributed by atoms with Crippen molar-refractivity contribution in [3.8, 4) is 23.0 Å². The third kappa shape index (κ3) is 4.97. The second-order valence-corrected chi connectivity index (χ2v) is 8.41. The number of fused-ring (bicyclic) bond motifs is 1. The first-order chi connectivity index (χ1) is 17.9. The number of ether oxygens (including phenoxy) is 4. The van der Waals surface area contributed by atoms with E-state index in [1.165, 1.54) is 12.1 Å². The molecule has 9 heteroatoms. The minimum absolute atomic E-state index is 0.0510. The van der Waals surface area contributed by atoms with Gasteiger partial charge in [-0.15, -0.1) is 0 Å². The van der Waals surface area contributed by atoms with E-state index in [9.17, 15) is 14.4 Å². The average Bonchev–Trinajstić information content (AvgIpc) is 3.34. The first kappa shape index (κ1) is 23.9. The fraction of sp³-hybridized carbons (Fsp3) is 0.179. The molecule has 3 aromatic carbocycles. The van der Waals surface area contributed by atoms with Crippen LogP contribution >= 0.6 is 0 Å². The number of barbiturate groups is 1. The Balaban J connectivity index is 1.41. The van der Waals surface area contributed by atoms with Crippen LogP contribution in [-0.4, -0.2) is 31.2 Å². The average molecular weight is 501 g/mol. The summed E-state index contributed by atoms with van der Waals surface area (Å²) in [7, 11) is 0. The van der Waals surface area contributed by atoms with Gasteiger partial charge in [0, 0.05) is 6.07 Å². The zero-order chi connectivity index (χ0) is 25.9. The molecule has 188 valence electrons. The van der Waals surface area contributed by atoms with Crippen molar-refractivity contribution < 1.29 is 33.3 Å². The molecule has 0 aromatic heterocycles. The molecule has 0 saturated carbocycles. The zero-order valence-electron chi connectivity index (χ0n) is 20.3. The SMILES string of the molecule is CCOc1cc(/C=C2\C(=O)NC(=O)N(c3ccc4c(c3)OCO4)C2=O)ccc1OCc1cccc(C)c1. The van der Waals surface area contributed by atoms with Gasteiger partial charge in [0.05, 0.1) is 12.3 Å². The Labute approximate surface area is 213 Å². The Bertz CT molecular complexity index is 1430. The molecule has 0 radical (unpaired) electrons. The smallest absolute Gasteiger partial charge is 0.335 e. The molecule has 5 rings (SSSR count). The summed E-state index contributed by atoms with van der Waals surface area (Å²) in [5.74, 6) is 0.366. The number of hydrogen-bond acceptors (Lipinski definition) is 7. The third-order valence-corrected chi connectivity index (χ3v) is 5.77. The van der Waals surface area contributed by atoms with Crippen LogP contribution in [0.4, 0.5) is 10.5 Å².